The van der Waals surface area contributed by atoms with E-state index in [9.17, 15) is 9.59 Å². The number of nitrogens with zero attached hydrogens (tertiary/aromatic N) is 1. The normalized spacial score (nSPS) is 15.9. The van der Waals surface area contributed by atoms with Gasteiger partial charge in [0.1, 0.15) is 29.7 Å². The van der Waals surface area contributed by atoms with Gasteiger partial charge in [-0.05, 0) is 18.2 Å². The number of rotatable bonds is 3. The molecule has 1 amide bonds. The summed E-state index contributed by atoms with van der Waals surface area (Å²) >= 11 is 0. The first-order valence-electron chi connectivity index (χ1n) is 6.37. The molecule has 0 bridgehead atoms. The Bertz CT molecular complexity index is 714. The molecule has 0 aliphatic carbocycles. The number of aromatic nitrogens is 1. The summed E-state index contributed by atoms with van der Waals surface area (Å²) < 4.78 is 5.45. The number of carbonyl (C=O) groups is 2. The second kappa shape index (κ2) is 5.24. The van der Waals surface area contributed by atoms with E-state index in [1.54, 1.807) is 6.07 Å². The molecule has 1 aliphatic heterocycles. The first kappa shape index (κ1) is 13.1. The Morgan fingerprint density at radius 3 is 2.86 bits per heavy atom. The Balaban J connectivity index is 1.84. The van der Waals surface area contributed by atoms with Gasteiger partial charge in [-0.2, -0.15) is 0 Å². The number of carboxylic acids is 1. The number of benzene rings is 1. The van der Waals surface area contributed by atoms with Crippen LogP contribution in [0.5, 0.6) is 5.75 Å². The molecule has 2 N–H and O–H groups in total. The van der Waals surface area contributed by atoms with Crippen LogP contribution in [0.3, 0.4) is 0 Å². The summed E-state index contributed by atoms with van der Waals surface area (Å²) in [6.45, 7) is 0.237. The summed E-state index contributed by atoms with van der Waals surface area (Å²) in [5.74, 6) is -1.22. The minimum atomic E-state index is -1.14. The number of pyridine rings is 1. The molecule has 1 aromatic carbocycles. The summed E-state index contributed by atoms with van der Waals surface area (Å²) in [6, 6.07) is 10.2. The van der Waals surface area contributed by atoms with Crippen molar-refractivity contribution in [1.82, 2.24) is 4.98 Å². The van der Waals surface area contributed by atoms with Crippen LogP contribution in [0.25, 0.3) is 0 Å². The Kier molecular flexibility index (Phi) is 3.27. The predicted octanol–water partition coefficient (Wildman–Crippen LogP) is 1.89. The number of nitrogens with one attached hydrogen (secondary N) is 1. The number of hydrogen-bond donors (Lipinski definition) is 2. The molecule has 2 heterocycles. The molecule has 6 nitrogen and oxygen atoms in total. The number of fused-ring (bicyclic) bond motifs is 1. The van der Waals surface area contributed by atoms with Crippen molar-refractivity contribution in [2.45, 2.75) is 5.92 Å². The summed E-state index contributed by atoms with van der Waals surface area (Å²) in [4.78, 5) is 27.3. The minimum Gasteiger partial charge on any atom is -0.492 e. The maximum absolute atomic E-state index is 12.3. The number of para-hydroxylation sites is 1. The van der Waals surface area contributed by atoms with Gasteiger partial charge in [0.05, 0.1) is 0 Å². The second-order valence-electron chi connectivity index (χ2n) is 4.60. The van der Waals surface area contributed by atoms with Gasteiger partial charge in [0.2, 0.25) is 5.91 Å². The zero-order valence-corrected chi connectivity index (χ0v) is 10.9. The molecule has 1 aliphatic rings. The Morgan fingerprint density at radius 2 is 2.05 bits per heavy atom. The van der Waals surface area contributed by atoms with Crippen molar-refractivity contribution < 1.29 is 19.4 Å². The van der Waals surface area contributed by atoms with Gasteiger partial charge in [0.25, 0.3) is 0 Å². The van der Waals surface area contributed by atoms with E-state index in [0.717, 1.165) is 5.56 Å². The van der Waals surface area contributed by atoms with Gasteiger partial charge in [-0.1, -0.05) is 18.2 Å². The molecule has 1 aromatic heterocycles. The fraction of sp³-hybridized carbons (Fsp3) is 0.133. The third-order valence-corrected chi connectivity index (χ3v) is 3.30. The van der Waals surface area contributed by atoms with Crippen LogP contribution in [0, 0.1) is 0 Å². The molecule has 2 aromatic rings. The van der Waals surface area contributed by atoms with Crippen molar-refractivity contribution in [2.24, 2.45) is 0 Å². The van der Waals surface area contributed by atoms with E-state index < -0.39 is 11.9 Å². The lowest BCUT2D eigenvalue weighted by Crippen LogP contribution is -2.24. The highest BCUT2D eigenvalue weighted by Crippen LogP contribution is 2.34. The van der Waals surface area contributed by atoms with Gasteiger partial charge < -0.3 is 15.2 Å². The van der Waals surface area contributed by atoms with E-state index in [-0.39, 0.29) is 23.9 Å². The van der Waals surface area contributed by atoms with Gasteiger partial charge >= 0.3 is 5.97 Å². The quantitative estimate of drug-likeness (QED) is 0.898. The monoisotopic (exact) mass is 284 g/mol. The fourth-order valence-electron chi connectivity index (χ4n) is 2.26. The number of anilines is 1. The maximum atomic E-state index is 12.3. The molecule has 0 spiro atoms. The van der Waals surface area contributed by atoms with Crippen LogP contribution in [0.2, 0.25) is 0 Å². The number of carbonyl (C=O) groups excluding carboxylic acids is 1. The van der Waals surface area contributed by atoms with E-state index in [4.69, 9.17) is 9.84 Å². The highest BCUT2D eigenvalue weighted by molar-refractivity contribution is 6.01. The number of carboxylic acid groups (broad SMARTS) is 1. The van der Waals surface area contributed by atoms with Crippen molar-refractivity contribution in [2.75, 3.05) is 11.9 Å². The lowest BCUT2D eigenvalue weighted by atomic mass is 10.0. The fourth-order valence-corrected chi connectivity index (χ4v) is 2.26. The van der Waals surface area contributed by atoms with E-state index in [1.807, 2.05) is 18.2 Å². The first-order valence-corrected chi connectivity index (χ1v) is 6.37. The summed E-state index contributed by atoms with van der Waals surface area (Å²) in [5.41, 5.74) is 0.751. The van der Waals surface area contributed by atoms with Gasteiger partial charge in [-0.3, -0.25) is 4.79 Å². The lowest BCUT2D eigenvalue weighted by molar-refractivity contribution is -0.117. The second-order valence-corrected chi connectivity index (χ2v) is 4.60. The molecule has 0 saturated heterocycles. The number of amides is 1. The molecule has 106 valence electrons. The Labute approximate surface area is 120 Å². The molecule has 0 fully saturated rings. The van der Waals surface area contributed by atoms with Gasteiger partial charge in [-0.15, -0.1) is 0 Å². The van der Waals surface area contributed by atoms with E-state index in [2.05, 4.69) is 10.3 Å². The smallest absolute Gasteiger partial charge is 0.339 e. The third-order valence-electron chi connectivity index (χ3n) is 3.30. The maximum Gasteiger partial charge on any atom is 0.339 e. The van der Waals surface area contributed by atoms with Gasteiger partial charge in [-0.25, -0.2) is 9.78 Å². The van der Waals surface area contributed by atoms with Crippen LogP contribution in [0.4, 0.5) is 5.82 Å². The first-order chi connectivity index (χ1) is 10.2. The van der Waals surface area contributed by atoms with Crippen LogP contribution >= 0.6 is 0 Å². The van der Waals surface area contributed by atoms with Crippen molar-refractivity contribution in [1.29, 1.82) is 0 Å². The number of hydrogen-bond acceptors (Lipinski definition) is 4. The van der Waals surface area contributed by atoms with Crippen LogP contribution in [0.15, 0.2) is 42.6 Å². The van der Waals surface area contributed by atoms with Gasteiger partial charge in [0, 0.05) is 11.8 Å². The highest BCUT2D eigenvalue weighted by atomic mass is 16.5. The van der Waals surface area contributed by atoms with Crippen molar-refractivity contribution in [3.05, 3.63) is 53.7 Å². The van der Waals surface area contributed by atoms with Crippen LogP contribution in [-0.2, 0) is 4.79 Å². The molecule has 1 atom stereocenters. The zero-order chi connectivity index (χ0) is 14.8. The third kappa shape index (κ3) is 2.43. The van der Waals surface area contributed by atoms with Crippen LogP contribution < -0.4 is 10.1 Å². The van der Waals surface area contributed by atoms with Crippen molar-refractivity contribution >= 4 is 17.7 Å². The Hall–Kier alpha value is -2.89. The average Bonchev–Trinajstić information content (AvgIpc) is 2.91. The summed E-state index contributed by atoms with van der Waals surface area (Å²) in [5, 5.41) is 11.6. The van der Waals surface area contributed by atoms with Crippen LogP contribution in [0.1, 0.15) is 21.8 Å². The molecular formula is C15H12N2O4. The van der Waals surface area contributed by atoms with Gasteiger partial charge in [0.15, 0.2) is 0 Å². The highest BCUT2D eigenvalue weighted by Gasteiger charge is 2.30. The summed E-state index contributed by atoms with van der Waals surface area (Å²) in [6.07, 6.45) is 1.43. The Morgan fingerprint density at radius 1 is 1.24 bits per heavy atom. The van der Waals surface area contributed by atoms with E-state index in [1.165, 1.54) is 18.3 Å². The largest absolute Gasteiger partial charge is 0.492 e. The number of aromatic carboxylic acids is 1. The molecule has 0 radical (unpaired) electrons. The molecule has 1 unspecified atom stereocenters. The van der Waals surface area contributed by atoms with Crippen molar-refractivity contribution in [3.63, 3.8) is 0 Å². The van der Waals surface area contributed by atoms with Crippen LogP contribution in [-0.4, -0.2) is 28.6 Å². The minimum absolute atomic E-state index is 0.0411. The zero-order valence-electron chi connectivity index (χ0n) is 10.9. The topological polar surface area (TPSA) is 88.5 Å². The van der Waals surface area contributed by atoms with E-state index >= 15 is 0 Å². The average molecular weight is 284 g/mol. The molecule has 6 heteroatoms. The molecule has 0 saturated carbocycles. The summed E-state index contributed by atoms with van der Waals surface area (Å²) in [7, 11) is 0. The predicted molar refractivity (Wildman–Crippen MR) is 74.5 cm³/mol. The molecule has 3 rings (SSSR count). The van der Waals surface area contributed by atoms with E-state index in [0.29, 0.717) is 5.75 Å². The standard InChI is InChI=1S/C15H12N2O4/c18-14(11-8-21-12-6-2-1-4-9(11)12)17-13-10(15(19)20)5-3-7-16-13/h1-7,11H,8H2,(H,19,20)(H,16,17,18). The number of ether oxygens (including phenoxy) is 1. The molecular weight excluding hydrogens is 272 g/mol. The van der Waals surface area contributed by atoms with Crippen molar-refractivity contribution in [3.8, 4) is 5.75 Å². The lowest BCUT2D eigenvalue weighted by Gasteiger charge is -2.11. The SMILES string of the molecule is O=C(O)c1cccnc1NC(=O)C1COc2ccccc21. The molecule has 21 heavy (non-hydrogen) atoms.